The molecule has 2 N–H and O–H groups in total. The number of aliphatic hydroxyl groups is 2. The Hall–Kier alpha value is 0.970. The average molecular weight is 285 g/mol. The fraction of sp³-hybridized carbons (Fsp3) is 1.00. The van der Waals surface area contributed by atoms with Gasteiger partial charge in [-0.15, -0.1) is 0 Å². The largest absolute Gasteiger partial charge is 0.391 e. The Morgan fingerprint density at radius 1 is 0.812 bits per heavy atom. The quantitative estimate of drug-likeness (QED) is 0.570. The lowest BCUT2D eigenvalue weighted by Crippen LogP contribution is -2.18. The molecule has 0 fully saturated rings. The van der Waals surface area contributed by atoms with Crippen molar-refractivity contribution in [3.8, 4) is 0 Å². The van der Waals surface area contributed by atoms with E-state index >= 15 is 0 Å². The maximum atomic E-state index is 9.64. The first-order valence-electron chi connectivity index (χ1n) is 5.80. The molecule has 0 spiro atoms. The van der Waals surface area contributed by atoms with Crippen molar-refractivity contribution in [2.24, 2.45) is 0 Å². The molecular weight excluding hydrogens is 260 g/mol. The smallest absolute Gasteiger partial charge is 0.0720 e. The maximum absolute atomic E-state index is 9.64. The summed E-state index contributed by atoms with van der Waals surface area (Å²) < 4.78 is 0. The van der Waals surface area contributed by atoms with Crippen LogP contribution in [0.2, 0.25) is 0 Å². The zero-order chi connectivity index (χ0) is 12.2. The zero-order valence-electron chi connectivity index (χ0n) is 10.2. The highest BCUT2D eigenvalue weighted by molar-refractivity contribution is 8.00. The van der Waals surface area contributed by atoms with Crippen LogP contribution < -0.4 is 0 Å². The van der Waals surface area contributed by atoms with Crippen molar-refractivity contribution in [3.63, 3.8) is 0 Å². The lowest BCUT2D eigenvalue weighted by Gasteiger charge is -2.12. The standard InChI is InChI=1S/C11H24O2S3/c1-3-5-15-7-11(13)9-16-8-10(12)6-14-4-2/h10-13H,3-9H2,1-2H3. The molecule has 0 rings (SSSR count). The van der Waals surface area contributed by atoms with Gasteiger partial charge in [0.05, 0.1) is 12.2 Å². The molecular formula is C11H24O2S3. The minimum Gasteiger partial charge on any atom is -0.391 e. The predicted octanol–water partition coefficient (Wildman–Crippen LogP) is 2.34. The molecule has 98 valence electrons. The van der Waals surface area contributed by atoms with Crippen LogP contribution in [-0.4, -0.2) is 56.9 Å². The highest BCUT2D eigenvalue weighted by Crippen LogP contribution is 2.12. The monoisotopic (exact) mass is 284 g/mol. The maximum Gasteiger partial charge on any atom is 0.0720 e. The Kier molecular flexibility index (Phi) is 13.2. The third kappa shape index (κ3) is 11.5. The predicted molar refractivity (Wildman–Crippen MR) is 80.0 cm³/mol. The van der Waals surface area contributed by atoms with Gasteiger partial charge in [-0.25, -0.2) is 0 Å². The molecule has 0 aromatic rings. The third-order valence-electron chi connectivity index (χ3n) is 1.79. The number of hydrogen-bond donors (Lipinski definition) is 2. The number of rotatable bonds is 11. The molecule has 2 nitrogen and oxygen atoms in total. The molecule has 0 heterocycles. The van der Waals surface area contributed by atoms with Gasteiger partial charge in [-0.05, 0) is 17.9 Å². The lowest BCUT2D eigenvalue weighted by atomic mass is 10.5. The van der Waals surface area contributed by atoms with Crippen LogP contribution in [0.3, 0.4) is 0 Å². The second-order valence-corrected chi connectivity index (χ2v) is 7.12. The summed E-state index contributed by atoms with van der Waals surface area (Å²) in [5, 5.41) is 19.2. The Morgan fingerprint density at radius 2 is 1.31 bits per heavy atom. The van der Waals surface area contributed by atoms with Gasteiger partial charge in [-0.1, -0.05) is 13.8 Å². The van der Waals surface area contributed by atoms with Gasteiger partial charge >= 0.3 is 0 Å². The van der Waals surface area contributed by atoms with Crippen LogP contribution >= 0.6 is 35.3 Å². The molecule has 2 unspecified atom stereocenters. The second-order valence-electron chi connectivity index (χ2n) is 3.58. The Balaban J connectivity index is 3.28. The van der Waals surface area contributed by atoms with Crippen LogP contribution in [-0.2, 0) is 0 Å². The lowest BCUT2D eigenvalue weighted by molar-refractivity contribution is 0.220. The van der Waals surface area contributed by atoms with Gasteiger partial charge in [0.15, 0.2) is 0 Å². The molecule has 0 amide bonds. The van der Waals surface area contributed by atoms with Crippen molar-refractivity contribution < 1.29 is 10.2 Å². The summed E-state index contributed by atoms with van der Waals surface area (Å²) in [5.74, 6) is 5.29. The molecule has 0 aliphatic rings. The van der Waals surface area contributed by atoms with Crippen molar-refractivity contribution in [2.75, 3.05) is 34.5 Å². The van der Waals surface area contributed by atoms with Gasteiger partial charge in [0.1, 0.15) is 0 Å². The topological polar surface area (TPSA) is 40.5 Å². The van der Waals surface area contributed by atoms with E-state index in [2.05, 4.69) is 13.8 Å². The Labute approximate surface area is 112 Å². The number of thioether (sulfide) groups is 3. The van der Waals surface area contributed by atoms with Crippen LogP contribution in [0, 0.1) is 0 Å². The Morgan fingerprint density at radius 3 is 1.81 bits per heavy atom. The van der Waals surface area contributed by atoms with E-state index in [0.29, 0.717) is 0 Å². The molecule has 0 aromatic carbocycles. The summed E-state index contributed by atoms with van der Waals surface area (Å²) in [5.41, 5.74) is 0. The van der Waals surface area contributed by atoms with E-state index in [0.717, 1.165) is 40.9 Å². The second kappa shape index (κ2) is 12.4. The van der Waals surface area contributed by atoms with Gasteiger partial charge in [-0.2, -0.15) is 35.3 Å². The van der Waals surface area contributed by atoms with E-state index in [1.165, 1.54) is 0 Å². The van der Waals surface area contributed by atoms with Crippen LogP contribution in [0.15, 0.2) is 0 Å². The summed E-state index contributed by atoms with van der Waals surface area (Å²) in [4.78, 5) is 0. The summed E-state index contributed by atoms with van der Waals surface area (Å²) in [6, 6.07) is 0. The summed E-state index contributed by atoms with van der Waals surface area (Å²) in [6.07, 6.45) is 0.704. The van der Waals surface area contributed by atoms with Crippen molar-refractivity contribution >= 4 is 35.3 Å². The van der Waals surface area contributed by atoms with Crippen LogP contribution in [0.5, 0.6) is 0 Å². The van der Waals surface area contributed by atoms with Gasteiger partial charge in [-0.3, -0.25) is 0 Å². The molecule has 0 radical (unpaired) electrons. The molecule has 0 aromatic heterocycles. The molecule has 2 atom stereocenters. The Bertz CT molecular complexity index is 147. The molecule has 16 heavy (non-hydrogen) atoms. The fourth-order valence-electron chi connectivity index (χ4n) is 1.05. The summed E-state index contributed by atoms with van der Waals surface area (Å²) >= 11 is 5.22. The van der Waals surface area contributed by atoms with Crippen LogP contribution in [0.25, 0.3) is 0 Å². The first-order valence-corrected chi connectivity index (χ1v) is 9.26. The van der Waals surface area contributed by atoms with Crippen LogP contribution in [0.4, 0.5) is 0 Å². The van der Waals surface area contributed by atoms with Crippen molar-refractivity contribution in [1.29, 1.82) is 0 Å². The average Bonchev–Trinajstić information content (AvgIpc) is 2.26. The van der Waals surface area contributed by atoms with E-state index in [1.807, 2.05) is 0 Å². The van der Waals surface area contributed by atoms with Crippen LogP contribution in [0.1, 0.15) is 20.3 Å². The molecule has 0 saturated heterocycles. The minimum absolute atomic E-state index is 0.229. The highest BCUT2D eigenvalue weighted by Gasteiger charge is 2.07. The van der Waals surface area contributed by atoms with E-state index in [1.54, 1.807) is 35.3 Å². The van der Waals surface area contributed by atoms with Crippen molar-refractivity contribution in [3.05, 3.63) is 0 Å². The molecule has 5 heteroatoms. The fourth-order valence-corrected chi connectivity index (χ4v) is 3.74. The molecule has 0 aliphatic carbocycles. The zero-order valence-corrected chi connectivity index (χ0v) is 12.7. The SMILES string of the molecule is CCCSCC(O)CSCC(O)CSCC. The number of aliphatic hydroxyl groups excluding tert-OH is 2. The molecule has 0 aliphatic heterocycles. The van der Waals surface area contributed by atoms with Gasteiger partial charge in [0, 0.05) is 23.0 Å². The van der Waals surface area contributed by atoms with Gasteiger partial charge < -0.3 is 10.2 Å². The molecule has 0 bridgehead atoms. The summed E-state index contributed by atoms with van der Waals surface area (Å²) in [7, 11) is 0. The third-order valence-corrected chi connectivity index (χ3v) is 5.38. The first-order chi connectivity index (χ1) is 7.70. The highest BCUT2D eigenvalue weighted by atomic mass is 32.2. The van der Waals surface area contributed by atoms with Crippen molar-refractivity contribution in [2.45, 2.75) is 32.5 Å². The van der Waals surface area contributed by atoms with E-state index in [9.17, 15) is 10.2 Å². The first kappa shape index (κ1) is 17.0. The molecule has 0 saturated carbocycles. The number of hydrogen-bond acceptors (Lipinski definition) is 5. The normalized spacial score (nSPS) is 15.0. The van der Waals surface area contributed by atoms with Gasteiger partial charge in [0.25, 0.3) is 0 Å². The van der Waals surface area contributed by atoms with E-state index in [4.69, 9.17) is 0 Å². The van der Waals surface area contributed by atoms with Gasteiger partial charge in [0.2, 0.25) is 0 Å². The summed E-state index contributed by atoms with van der Waals surface area (Å²) in [6.45, 7) is 4.25. The van der Waals surface area contributed by atoms with E-state index < -0.39 is 0 Å². The minimum atomic E-state index is -0.231. The van der Waals surface area contributed by atoms with E-state index in [-0.39, 0.29) is 12.2 Å². The van der Waals surface area contributed by atoms with Crippen molar-refractivity contribution in [1.82, 2.24) is 0 Å².